The summed E-state index contributed by atoms with van der Waals surface area (Å²) in [7, 11) is 0. The Bertz CT molecular complexity index is 1760. The summed E-state index contributed by atoms with van der Waals surface area (Å²) in [5.74, 6) is -2.37. The molecular formula is C34H33F5N4O4. The Hall–Kier alpha value is -4.81. The van der Waals surface area contributed by atoms with Gasteiger partial charge < -0.3 is 9.64 Å². The van der Waals surface area contributed by atoms with Crippen LogP contribution in [0.2, 0.25) is 0 Å². The SMILES string of the molecule is CC(C)(C)OC(=O)N1CCN=C1c1ccc(Cc2cc(F)ccc2CN2C(=O)N(c3ccc(F)c(C(F)(F)F)c3)C(=O)C2(C)C)cc1. The van der Waals surface area contributed by atoms with Crippen LogP contribution in [-0.4, -0.2) is 57.9 Å². The van der Waals surface area contributed by atoms with Gasteiger partial charge in [0, 0.05) is 12.1 Å². The molecule has 0 spiro atoms. The molecule has 0 aliphatic carbocycles. The van der Waals surface area contributed by atoms with Crippen LogP contribution in [0.25, 0.3) is 0 Å². The Kier molecular flexibility index (Phi) is 8.63. The number of amidine groups is 1. The Morgan fingerprint density at radius 2 is 1.62 bits per heavy atom. The van der Waals surface area contributed by atoms with Crippen LogP contribution in [0, 0.1) is 11.6 Å². The van der Waals surface area contributed by atoms with E-state index in [9.17, 15) is 36.3 Å². The molecule has 2 aliphatic rings. The maximum Gasteiger partial charge on any atom is 0.419 e. The molecule has 3 aromatic rings. The van der Waals surface area contributed by atoms with Gasteiger partial charge in [0.15, 0.2) is 0 Å². The van der Waals surface area contributed by atoms with Crippen LogP contribution in [0.5, 0.6) is 0 Å². The highest BCUT2D eigenvalue weighted by Gasteiger charge is 2.52. The first-order valence-electron chi connectivity index (χ1n) is 14.8. The van der Waals surface area contributed by atoms with Gasteiger partial charge in [0.25, 0.3) is 5.91 Å². The summed E-state index contributed by atoms with van der Waals surface area (Å²) in [6.07, 6.45) is -5.30. The van der Waals surface area contributed by atoms with Gasteiger partial charge in [-0.2, -0.15) is 13.2 Å². The molecule has 3 aromatic carbocycles. The van der Waals surface area contributed by atoms with Gasteiger partial charge in [0.1, 0.15) is 28.6 Å². The van der Waals surface area contributed by atoms with Gasteiger partial charge in [0.05, 0.1) is 24.3 Å². The number of anilines is 1. The van der Waals surface area contributed by atoms with Gasteiger partial charge in [-0.1, -0.05) is 30.3 Å². The molecule has 1 saturated heterocycles. The summed E-state index contributed by atoms with van der Waals surface area (Å²) in [5.41, 5.74) is -1.68. The fourth-order valence-corrected chi connectivity index (χ4v) is 5.46. The van der Waals surface area contributed by atoms with E-state index in [0.29, 0.717) is 52.6 Å². The molecule has 8 nitrogen and oxygen atoms in total. The minimum absolute atomic E-state index is 0.156. The standard InChI is InChI=1S/C34H33F5N4O4/c1-32(2,3)47-31(46)41-15-14-40-28(41)21-8-6-20(7-9-21)16-23-17-24(35)11-10-22(23)19-42-30(45)43(29(44)33(42,4)5)25-12-13-27(36)26(18-25)34(37,38)39/h6-13,17-18H,14-16,19H2,1-5H3. The van der Waals surface area contributed by atoms with E-state index in [4.69, 9.17) is 4.74 Å². The predicted molar refractivity (Wildman–Crippen MR) is 164 cm³/mol. The van der Waals surface area contributed by atoms with E-state index in [2.05, 4.69) is 4.99 Å². The van der Waals surface area contributed by atoms with Crippen LogP contribution in [0.15, 0.2) is 65.7 Å². The molecule has 47 heavy (non-hydrogen) atoms. The third-order valence-corrected chi connectivity index (χ3v) is 7.90. The van der Waals surface area contributed by atoms with E-state index in [1.54, 1.807) is 45.0 Å². The lowest BCUT2D eigenvalue weighted by atomic mass is 9.96. The van der Waals surface area contributed by atoms with Crippen molar-refractivity contribution in [3.05, 3.63) is 100 Å². The number of amides is 4. The monoisotopic (exact) mass is 656 g/mol. The number of aliphatic imine (C=N–C) groups is 1. The van der Waals surface area contributed by atoms with Crippen LogP contribution < -0.4 is 4.90 Å². The minimum atomic E-state index is -5.04. The molecule has 1 fully saturated rings. The summed E-state index contributed by atoms with van der Waals surface area (Å²) in [5, 5.41) is 0. The van der Waals surface area contributed by atoms with E-state index in [1.165, 1.54) is 41.8 Å². The van der Waals surface area contributed by atoms with E-state index in [-0.39, 0.29) is 13.0 Å². The van der Waals surface area contributed by atoms with E-state index in [1.807, 2.05) is 0 Å². The molecule has 4 amide bonds. The number of imide groups is 1. The van der Waals surface area contributed by atoms with Crippen molar-refractivity contribution in [2.24, 2.45) is 4.99 Å². The van der Waals surface area contributed by atoms with E-state index >= 15 is 0 Å². The molecular weight excluding hydrogens is 623 g/mol. The third-order valence-electron chi connectivity index (χ3n) is 7.90. The van der Waals surface area contributed by atoms with Crippen LogP contribution in [0.3, 0.4) is 0 Å². The van der Waals surface area contributed by atoms with Gasteiger partial charge in [-0.15, -0.1) is 0 Å². The minimum Gasteiger partial charge on any atom is -0.443 e. The number of rotatable bonds is 6. The molecule has 0 N–H and O–H groups in total. The second kappa shape index (κ2) is 12.1. The largest absolute Gasteiger partial charge is 0.443 e. The molecule has 2 aliphatic heterocycles. The van der Waals surface area contributed by atoms with Crippen molar-refractivity contribution in [2.75, 3.05) is 18.0 Å². The number of ether oxygens (including phenoxy) is 1. The molecule has 0 aromatic heterocycles. The first-order valence-corrected chi connectivity index (χ1v) is 14.8. The van der Waals surface area contributed by atoms with Crippen molar-refractivity contribution >= 4 is 29.6 Å². The van der Waals surface area contributed by atoms with Crippen molar-refractivity contribution in [2.45, 2.75) is 64.9 Å². The maximum absolute atomic E-state index is 14.5. The van der Waals surface area contributed by atoms with Crippen LogP contribution in [0.1, 0.15) is 62.4 Å². The van der Waals surface area contributed by atoms with Crippen molar-refractivity contribution < 1.29 is 41.1 Å². The highest BCUT2D eigenvalue weighted by molar-refractivity contribution is 6.23. The Labute approximate surface area is 268 Å². The smallest absolute Gasteiger partial charge is 0.419 e. The lowest BCUT2D eigenvalue weighted by Gasteiger charge is -2.28. The number of hydrogen-bond acceptors (Lipinski definition) is 5. The number of halogens is 5. The van der Waals surface area contributed by atoms with Crippen LogP contribution >= 0.6 is 0 Å². The first kappa shape index (κ1) is 33.6. The normalized spacial score (nSPS) is 16.6. The van der Waals surface area contributed by atoms with Gasteiger partial charge >= 0.3 is 18.3 Å². The zero-order valence-corrected chi connectivity index (χ0v) is 26.4. The Balaban J connectivity index is 1.38. The van der Waals surface area contributed by atoms with Crippen molar-refractivity contribution in [3.8, 4) is 0 Å². The number of carbonyl (C=O) groups is 3. The van der Waals surface area contributed by atoms with Crippen molar-refractivity contribution in [3.63, 3.8) is 0 Å². The number of urea groups is 1. The molecule has 0 bridgehead atoms. The zero-order chi connectivity index (χ0) is 34.5. The summed E-state index contributed by atoms with van der Waals surface area (Å²) >= 11 is 0. The second-order valence-electron chi connectivity index (χ2n) is 12.9. The van der Waals surface area contributed by atoms with Gasteiger partial charge in [-0.25, -0.2) is 23.3 Å². The van der Waals surface area contributed by atoms with Gasteiger partial charge in [-0.05, 0) is 88.1 Å². The fraction of sp³-hybridized carbons (Fsp3) is 0.353. The molecule has 2 heterocycles. The number of alkyl halides is 3. The van der Waals surface area contributed by atoms with Crippen molar-refractivity contribution in [1.29, 1.82) is 0 Å². The molecule has 248 valence electrons. The second-order valence-corrected chi connectivity index (χ2v) is 12.9. The zero-order valence-electron chi connectivity index (χ0n) is 26.4. The lowest BCUT2D eigenvalue weighted by molar-refractivity contribution is -0.140. The van der Waals surface area contributed by atoms with Crippen LogP contribution in [0.4, 0.5) is 37.2 Å². The highest BCUT2D eigenvalue weighted by Crippen LogP contribution is 2.38. The molecule has 5 rings (SSSR count). The highest BCUT2D eigenvalue weighted by atomic mass is 19.4. The summed E-state index contributed by atoms with van der Waals surface area (Å²) in [6.45, 7) is 8.90. The fourth-order valence-electron chi connectivity index (χ4n) is 5.46. The number of benzene rings is 3. The number of carbonyl (C=O) groups excluding carboxylic acids is 3. The maximum atomic E-state index is 14.5. The quantitative estimate of drug-likeness (QED) is 0.206. The topological polar surface area (TPSA) is 82.5 Å². The molecule has 13 heteroatoms. The van der Waals surface area contributed by atoms with Crippen LogP contribution in [-0.2, 0) is 28.7 Å². The van der Waals surface area contributed by atoms with Gasteiger partial charge in [-0.3, -0.25) is 14.7 Å². The average molecular weight is 657 g/mol. The third kappa shape index (κ3) is 6.84. The average Bonchev–Trinajstić information content (AvgIpc) is 3.52. The molecule has 0 unspecified atom stereocenters. The Morgan fingerprint density at radius 3 is 2.26 bits per heavy atom. The molecule has 0 atom stereocenters. The lowest BCUT2D eigenvalue weighted by Crippen LogP contribution is -2.43. The summed E-state index contributed by atoms with van der Waals surface area (Å²) in [4.78, 5) is 47.4. The Morgan fingerprint density at radius 1 is 0.936 bits per heavy atom. The number of hydrogen-bond donors (Lipinski definition) is 0. The summed E-state index contributed by atoms with van der Waals surface area (Å²) in [6, 6.07) is 12.2. The van der Waals surface area contributed by atoms with Gasteiger partial charge in [0.2, 0.25) is 0 Å². The predicted octanol–water partition coefficient (Wildman–Crippen LogP) is 7.32. The molecule has 0 saturated carbocycles. The van der Waals surface area contributed by atoms with Crippen molar-refractivity contribution in [1.82, 2.24) is 9.80 Å². The number of nitrogens with zero attached hydrogens (tertiary/aromatic N) is 4. The van der Waals surface area contributed by atoms with E-state index in [0.717, 1.165) is 11.6 Å². The first-order chi connectivity index (χ1) is 21.9. The summed E-state index contributed by atoms with van der Waals surface area (Å²) < 4.78 is 74.1. The molecule has 0 radical (unpaired) electrons. The van der Waals surface area contributed by atoms with E-state index < -0.39 is 58.2 Å².